The van der Waals surface area contributed by atoms with Crippen LogP contribution in [-0.2, 0) is 4.79 Å². The molecule has 1 saturated heterocycles. The Kier molecular flexibility index (Phi) is 6.84. The highest BCUT2D eigenvalue weighted by Crippen LogP contribution is 2.19. The third-order valence-electron chi connectivity index (χ3n) is 4.65. The van der Waals surface area contributed by atoms with Gasteiger partial charge in [-0.05, 0) is 25.0 Å². The van der Waals surface area contributed by atoms with Gasteiger partial charge in [0.1, 0.15) is 5.82 Å². The van der Waals surface area contributed by atoms with Crippen LogP contribution in [-0.4, -0.2) is 50.1 Å². The molecule has 1 aromatic carbocycles. The molecule has 23 heavy (non-hydrogen) atoms. The summed E-state index contributed by atoms with van der Waals surface area (Å²) in [5.41, 5.74) is 0.689. The predicted molar refractivity (Wildman–Crippen MR) is 92.1 cm³/mol. The van der Waals surface area contributed by atoms with Crippen molar-refractivity contribution in [2.75, 3.05) is 44.2 Å². The summed E-state index contributed by atoms with van der Waals surface area (Å²) < 4.78 is 13.8. The van der Waals surface area contributed by atoms with Crippen LogP contribution in [0.2, 0.25) is 0 Å². The molecule has 4 nitrogen and oxygen atoms in total. The van der Waals surface area contributed by atoms with E-state index in [-0.39, 0.29) is 17.6 Å². The van der Waals surface area contributed by atoms with E-state index >= 15 is 0 Å². The number of para-hydroxylation sites is 1. The average molecular weight is 321 g/mol. The minimum absolute atomic E-state index is 0.132. The van der Waals surface area contributed by atoms with E-state index < -0.39 is 0 Å². The van der Waals surface area contributed by atoms with Crippen LogP contribution in [0.3, 0.4) is 0 Å². The maximum Gasteiger partial charge on any atom is 0.223 e. The van der Waals surface area contributed by atoms with Crippen molar-refractivity contribution in [2.45, 2.75) is 26.7 Å². The Balaban J connectivity index is 1.71. The number of hydrogen-bond donors (Lipinski definition) is 1. The van der Waals surface area contributed by atoms with Crippen LogP contribution in [0.15, 0.2) is 24.3 Å². The van der Waals surface area contributed by atoms with Gasteiger partial charge in [-0.15, -0.1) is 0 Å². The highest BCUT2D eigenvalue weighted by atomic mass is 19.1. The zero-order chi connectivity index (χ0) is 16.7. The SMILES string of the molecule is CCC(CC)C(=O)NCCN1CCN(c2ccccc2F)CC1. The van der Waals surface area contributed by atoms with Crippen LogP contribution >= 0.6 is 0 Å². The number of piperazine rings is 1. The highest BCUT2D eigenvalue weighted by molar-refractivity contribution is 5.78. The van der Waals surface area contributed by atoms with Gasteiger partial charge < -0.3 is 10.2 Å². The van der Waals surface area contributed by atoms with Crippen molar-refractivity contribution in [3.63, 3.8) is 0 Å². The molecule has 5 heteroatoms. The van der Waals surface area contributed by atoms with Crippen LogP contribution in [0.5, 0.6) is 0 Å². The normalized spacial score (nSPS) is 15.9. The number of nitrogens with one attached hydrogen (secondary N) is 1. The van der Waals surface area contributed by atoms with Gasteiger partial charge in [0.2, 0.25) is 5.91 Å². The summed E-state index contributed by atoms with van der Waals surface area (Å²) in [5.74, 6) is 0.145. The van der Waals surface area contributed by atoms with E-state index in [0.717, 1.165) is 45.6 Å². The summed E-state index contributed by atoms with van der Waals surface area (Å²) in [6.07, 6.45) is 1.79. The lowest BCUT2D eigenvalue weighted by Crippen LogP contribution is -2.49. The Morgan fingerprint density at radius 2 is 1.83 bits per heavy atom. The maximum absolute atomic E-state index is 13.8. The molecule has 1 aromatic rings. The fourth-order valence-electron chi connectivity index (χ4n) is 3.06. The largest absolute Gasteiger partial charge is 0.367 e. The predicted octanol–water partition coefficient (Wildman–Crippen LogP) is 2.50. The van der Waals surface area contributed by atoms with Crippen molar-refractivity contribution >= 4 is 11.6 Å². The molecule has 0 spiro atoms. The van der Waals surface area contributed by atoms with E-state index in [1.54, 1.807) is 6.07 Å². The number of carbonyl (C=O) groups excluding carboxylic acids is 1. The lowest BCUT2D eigenvalue weighted by molar-refractivity contribution is -0.125. The Bertz CT molecular complexity index is 497. The molecule has 0 saturated carbocycles. The standard InChI is InChI=1S/C18H28FN3O/c1-3-15(4-2)18(23)20-9-10-21-11-13-22(14-12-21)17-8-6-5-7-16(17)19/h5-8,15H,3-4,9-14H2,1-2H3,(H,20,23). The van der Waals surface area contributed by atoms with Crippen LogP contribution in [0, 0.1) is 11.7 Å². The smallest absolute Gasteiger partial charge is 0.223 e. The van der Waals surface area contributed by atoms with Crippen molar-refractivity contribution in [2.24, 2.45) is 5.92 Å². The number of rotatable bonds is 7. The van der Waals surface area contributed by atoms with E-state index in [4.69, 9.17) is 0 Å². The first-order valence-electron chi connectivity index (χ1n) is 8.65. The van der Waals surface area contributed by atoms with Crippen LogP contribution in [0.1, 0.15) is 26.7 Å². The number of anilines is 1. The first-order chi connectivity index (χ1) is 11.2. The fraction of sp³-hybridized carbons (Fsp3) is 0.611. The zero-order valence-corrected chi connectivity index (χ0v) is 14.2. The Labute approximate surface area is 138 Å². The second kappa shape index (κ2) is 8.87. The number of benzene rings is 1. The second-order valence-electron chi connectivity index (χ2n) is 6.08. The summed E-state index contributed by atoms with van der Waals surface area (Å²) in [7, 11) is 0. The highest BCUT2D eigenvalue weighted by Gasteiger charge is 2.19. The average Bonchev–Trinajstić information content (AvgIpc) is 2.57. The van der Waals surface area contributed by atoms with Crippen molar-refractivity contribution in [1.82, 2.24) is 10.2 Å². The Hall–Kier alpha value is -1.62. The molecule has 1 N–H and O–H groups in total. The molecular weight excluding hydrogens is 293 g/mol. The van der Waals surface area contributed by atoms with Gasteiger partial charge in [-0.2, -0.15) is 0 Å². The van der Waals surface area contributed by atoms with E-state index in [2.05, 4.69) is 29.0 Å². The van der Waals surface area contributed by atoms with Gasteiger partial charge in [0, 0.05) is 45.2 Å². The van der Waals surface area contributed by atoms with E-state index in [9.17, 15) is 9.18 Å². The summed E-state index contributed by atoms with van der Waals surface area (Å²) in [5, 5.41) is 3.03. The molecule has 2 rings (SSSR count). The fourth-order valence-corrected chi connectivity index (χ4v) is 3.06. The minimum atomic E-state index is -0.154. The van der Waals surface area contributed by atoms with Crippen LogP contribution < -0.4 is 10.2 Å². The summed E-state index contributed by atoms with van der Waals surface area (Å²) in [4.78, 5) is 16.4. The molecule has 1 fully saturated rings. The second-order valence-corrected chi connectivity index (χ2v) is 6.08. The van der Waals surface area contributed by atoms with E-state index in [1.807, 2.05) is 12.1 Å². The van der Waals surface area contributed by atoms with Gasteiger partial charge in [0.15, 0.2) is 0 Å². The van der Waals surface area contributed by atoms with Crippen molar-refractivity contribution < 1.29 is 9.18 Å². The van der Waals surface area contributed by atoms with Crippen molar-refractivity contribution in [1.29, 1.82) is 0 Å². The maximum atomic E-state index is 13.8. The Morgan fingerprint density at radius 3 is 2.43 bits per heavy atom. The third kappa shape index (κ3) is 4.93. The quantitative estimate of drug-likeness (QED) is 0.838. The molecule has 0 atom stereocenters. The number of carbonyl (C=O) groups is 1. The molecule has 0 bridgehead atoms. The number of nitrogens with zero attached hydrogens (tertiary/aromatic N) is 2. The summed E-state index contributed by atoms with van der Waals surface area (Å²) >= 11 is 0. The number of hydrogen-bond acceptors (Lipinski definition) is 3. The van der Waals surface area contributed by atoms with Gasteiger partial charge >= 0.3 is 0 Å². The number of amides is 1. The number of halogens is 1. The molecule has 0 aromatic heterocycles. The van der Waals surface area contributed by atoms with Crippen molar-refractivity contribution in [3.05, 3.63) is 30.1 Å². The van der Waals surface area contributed by atoms with E-state index in [0.29, 0.717) is 12.2 Å². The molecule has 1 aliphatic rings. The van der Waals surface area contributed by atoms with Crippen LogP contribution in [0.4, 0.5) is 10.1 Å². The van der Waals surface area contributed by atoms with Gasteiger partial charge in [-0.3, -0.25) is 9.69 Å². The first kappa shape index (κ1) is 17.7. The van der Waals surface area contributed by atoms with Gasteiger partial charge in [-0.25, -0.2) is 4.39 Å². The molecular formula is C18H28FN3O. The molecule has 0 radical (unpaired) electrons. The summed E-state index contributed by atoms with van der Waals surface area (Å²) in [6, 6.07) is 6.94. The summed E-state index contributed by atoms with van der Waals surface area (Å²) in [6.45, 7) is 9.09. The lowest BCUT2D eigenvalue weighted by atomic mass is 10.0. The molecule has 1 amide bonds. The lowest BCUT2D eigenvalue weighted by Gasteiger charge is -2.36. The van der Waals surface area contributed by atoms with Gasteiger partial charge in [0.05, 0.1) is 5.69 Å². The molecule has 1 heterocycles. The van der Waals surface area contributed by atoms with Crippen molar-refractivity contribution in [3.8, 4) is 0 Å². The molecule has 1 aliphatic heterocycles. The Morgan fingerprint density at radius 1 is 1.17 bits per heavy atom. The molecule has 0 aliphatic carbocycles. The van der Waals surface area contributed by atoms with Gasteiger partial charge in [0.25, 0.3) is 0 Å². The first-order valence-corrected chi connectivity index (χ1v) is 8.65. The van der Waals surface area contributed by atoms with E-state index in [1.165, 1.54) is 6.07 Å². The third-order valence-corrected chi connectivity index (χ3v) is 4.65. The minimum Gasteiger partial charge on any atom is -0.367 e. The van der Waals surface area contributed by atoms with Gasteiger partial charge in [-0.1, -0.05) is 26.0 Å². The zero-order valence-electron chi connectivity index (χ0n) is 14.2. The monoisotopic (exact) mass is 321 g/mol. The van der Waals surface area contributed by atoms with Crippen LogP contribution in [0.25, 0.3) is 0 Å². The molecule has 0 unspecified atom stereocenters. The molecule has 128 valence electrons. The topological polar surface area (TPSA) is 35.6 Å².